The summed E-state index contributed by atoms with van der Waals surface area (Å²) in [6.07, 6.45) is 7.31. The molecule has 26 heavy (non-hydrogen) atoms. The van der Waals surface area contributed by atoms with Gasteiger partial charge in [0.25, 0.3) is 0 Å². The molecule has 1 amide bonds. The van der Waals surface area contributed by atoms with Crippen LogP contribution >= 0.6 is 0 Å². The maximum absolute atomic E-state index is 13.5. The number of piperidine rings is 1. The van der Waals surface area contributed by atoms with Crippen molar-refractivity contribution in [2.45, 2.75) is 51.1 Å². The maximum Gasteiger partial charge on any atom is 0.226 e. The highest BCUT2D eigenvalue weighted by Crippen LogP contribution is 2.56. The number of nitrogens with zero attached hydrogens (tertiary/aromatic N) is 2. The van der Waals surface area contributed by atoms with Gasteiger partial charge in [-0.1, -0.05) is 31.0 Å². The Bertz CT molecular complexity index is 627. The maximum atomic E-state index is 13.5. The van der Waals surface area contributed by atoms with Crippen LogP contribution < -0.4 is 4.74 Å². The molecule has 3 fully saturated rings. The van der Waals surface area contributed by atoms with E-state index in [1.165, 1.54) is 25.7 Å². The Kier molecular flexibility index (Phi) is 5.21. The van der Waals surface area contributed by atoms with Crippen LogP contribution in [0.15, 0.2) is 24.3 Å². The Balaban J connectivity index is 1.54. The lowest BCUT2D eigenvalue weighted by molar-refractivity contribution is -0.137. The van der Waals surface area contributed by atoms with Gasteiger partial charge in [0.15, 0.2) is 0 Å². The summed E-state index contributed by atoms with van der Waals surface area (Å²) in [5.41, 5.74) is 1.13. The molecule has 0 bridgehead atoms. The number of para-hydroxylation sites is 1. The van der Waals surface area contributed by atoms with Crippen LogP contribution in [0.3, 0.4) is 0 Å². The van der Waals surface area contributed by atoms with E-state index < -0.39 is 0 Å². The number of methoxy groups -OCH3 is 1. The standard InChI is InChI=1S/C22H32N2O2/c1-23-13-11-17(12-14-23)24(15-16-7-3-6-10-20(16)26-2)22(25)21-18-8-4-5-9-19(18)21/h3,6-7,10,17-19,21H,4-5,8-9,11-15H2,1-2H3/t18-,19-/m0/s1. The average Bonchev–Trinajstić information content (AvgIpc) is 3.41. The number of hydrogen-bond donors (Lipinski definition) is 0. The number of benzene rings is 1. The second kappa shape index (κ2) is 7.59. The van der Waals surface area contributed by atoms with Crippen LogP contribution in [0, 0.1) is 17.8 Å². The van der Waals surface area contributed by atoms with Crippen molar-refractivity contribution >= 4 is 5.91 Å². The number of rotatable bonds is 5. The van der Waals surface area contributed by atoms with E-state index >= 15 is 0 Å². The van der Waals surface area contributed by atoms with Gasteiger partial charge in [-0.05, 0) is 63.7 Å². The molecule has 3 aliphatic rings. The van der Waals surface area contributed by atoms with E-state index in [9.17, 15) is 4.79 Å². The predicted molar refractivity (Wildman–Crippen MR) is 103 cm³/mol. The molecule has 0 spiro atoms. The number of amides is 1. The van der Waals surface area contributed by atoms with Gasteiger partial charge >= 0.3 is 0 Å². The largest absolute Gasteiger partial charge is 0.496 e. The van der Waals surface area contributed by atoms with Crippen molar-refractivity contribution in [1.82, 2.24) is 9.80 Å². The normalized spacial score (nSPS) is 29.1. The van der Waals surface area contributed by atoms with E-state index in [0.717, 1.165) is 37.2 Å². The molecule has 4 nitrogen and oxygen atoms in total. The second-order valence-corrected chi connectivity index (χ2v) is 8.45. The number of fused-ring (bicyclic) bond motifs is 1. The highest BCUT2D eigenvalue weighted by atomic mass is 16.5. The quantitative estimate of drug-likeness (QED) is 0.809. The number of carbonyl (C=O) groups excluding carboxylic acids is 1. The Morgan fingerprint density at radius 3 is 2.42 bits per heavy atom. The summed E-state index contributed by atoms with van der Waals surface area (Å²) in [5.74, 6) is 2.95. The van der Waals surface area contributed by atoms with Crippen molar-refractivity contribution in [2.24, 2.45) is 17.8 Å². The van der Waals surface area contributed by atoms with Crippen LogP contribution in [-0.2, 0) is 11.3 Å². The van der Waals surface area contributed by atoms with Gasteiger partial charge in [0.1, 0.15) is 5.75 Å². The molecule has 0 aromatic heterocycles. The number of carbonyl (C=O) groups is 1. The number of ether oxygens (including phenoxy) is 1. The van der Waals surface area contributed by atoms with E-state index in [1.54, 1.807) is 7.11 Å². The predicted octanol–water partition coefficient (Wildman–Crippen LogP) is 3.55. The molecule has 2 saturated carbocycles. The first-order valence-electron chi connectivity index (χ1n) is 10.3. The summed E-state index contributed by atoms with van der Waals surface area (Å²) >= 11 is 0. The van der Waals surface area contributed by atoms with E-state index in [2.05, 4.69) is 22.9 Å². The smallest absolute Gasteiger partial charge is 0.226 e. The fourth-order valence-corrected chi connectivity index (χ4v) is 5.26. The molecule has 1 aromatic rings. The first kappa shape index (κ1) is 17.8. The summed E-state index contributed by atoms with van der Waals surface area (Å²) in [4.78, 5) is 18.1. The van der Waals surface area contributed by atoms with Crippen molar-refractivity contribution in [3.8, 4) is 5.75 Å². The van der Waals surface area contributed by atoms with E-state index in [-0.39, 0.29) is 0 Å². The van der Waals surface area contributed by atoms with Crippen LogP contribution in [0.25, 0.3) is 0 Å². The van der Waals surface area contributed by atoms with Crippen LogP contribution in [0.4, 0.5) is 0 Å². The van der Waals surface area contributed by atoms with Crippen molar-refractivity contribution < 1.29 is 9.53 Å². The molecule has 4 heteroatoms. The van der Waals surface area contributed by atoms with E-state index in [1.807, 2.05) is 18.2 Å². The zero-order chi connectivity index (χ0) is 18.1. The SMILES string of the molecule is COc1ccccc1CN(C(=O)C1[C@H]2CCCC[C@H]12)C1CCN(C)CC1. The van der Waals surface area contributed by atoms with Crippen molar-refractivity contribution in [1.29, 1.82) is 0 Å². The van der Waals surface area contributed by atoms with Crippen LogP contribution in [0.1, 0.15) is 44.1 Å². The molecule has 2 atom stereocenters. The number of hydrogen-bond acceptors (Lipinski definition) is 3. The summed E-state index contributed by atoms with van der Waals surface area (Å²) in [6.45, 7) is 2.85. The molecule has 0 radical (unpaired) electrons. The number of likely N-dealkylation sites (tertiary alicyclic amines) is 1. The third kappa shape index (κ3) is 3.48. The minimum atomic E-state index is 0.298. The summed E-state index contributed by atoms with van der Waals surface area (Å²) < 4.78 is 5.55. The zero-order valence-electron chi connectivity index (χ0n) is 16.2. The fourth-order valence-electron chi connectivity index (χ4n) is 5.26. The first-order valence-corrected chi connectivity index (χ1v) is 10.3. The molecule has 1 heterocycles. The molecule has 4 rings (SSSR count). The Hall–Kier alpha value is -1.55. The van der Waals surface area contributed by atoms with Gasteiger partial charge in [0.2, 0.25) is 5.91 Å². The van der Waals surface area contributed by atoms with Gasteiger partial charge < -0.3 is 14.5 Å². The highest BCUT2D eigenvalue weighted by Gasteiger charge is 2.56. The van der Waals surface area contributed by atoms with Gasteiger partial charge in [0, 0.05) is 24.1 Å². The molecule has 142 valence electrons. The Labute approximate surface area is 157 Å². The van der Waals surface area contributed by atoms with Crippen LogP contribution in [0.5, 0.6) is 5.75 Å². The zero-order valence-corrected chi connectivity index (χ0v) is 16.2. The van der Waals surface area contributed by atoms with E-state index in [4.69, 9.17) is 4.74 Å². The van der Waals surface area contributed by atoms with Gasteiger partial charge in [-0.25, -0.2) is 0 Å². The highest BCUT2D eigenvalue weighted by molar-refractivity contribution is 5.83. The second-order valence-electron chi connectivity index (χ2n) is 8.45. The lowest BCUT2D eigenvalue weighted by Crippen LogP contribution is -2.47. The monoisotopic (exact) mass is 356 g/mol. The Morgan fingerprint density at radius 1 is 1.12 bits per heavy atom. The van der Waals surface area contributed by atoms with Crippen molar-refractivity contribution in [3.05, 3.63) is 29.8 Å². The van der Waals surface area contributed by atoms with Crippen LogP contribution in [-0.4, -0.2) is 49.0 Å². The fraction of sp³-hybridized carbons (Fsp3) is 0.682. The average molecular weight is 357 g/mol. The first-order chi connectivity index (χ1) is 12.7. The lowest BCUT2D eigenvalue weighted by Gasteiger charge is -2.38. The van der Waals surface area contributed by atoms with Crippen LogP contribution in [0.2, 0.25) is 0 Å². The summed E-state index contributed by atoms with van der Waals surface area (Å²) in [6, 6.07) is 8.52. The third-order valence-electron chi connectivity index (χ3n) is 6.89. The van der Waals surface area contributed by atoms with Crippen molar-refractivity contribution in [2.75, 3.05) is 27.2 Å². The molecule has 0 N–H and O–H groups in total. The molecule has 1 aliphatic heterocycles. The summed E-state index contributed by atoms with van der Waals surface area (Å²) in [5, 5.41) is 0. The molecular formula is C22H32N2O2. The molecule has 2 aliphatic carbocycles. The van der Waals surface area contributed by atoms with Gasteiger partial charge in [-0.2, -0.15) is 0 Å². The summed E-state index contributed by atoms with van der Waals surface area (Å²) in [7, 11) is 3.90. The minimum absolute atomic E-state index is 0.298. The molecule has 1 aromatic carbocycles. The molecular weight excluding hydrogens is 324 g/mol. The molecule has 1 saturated heterocycles. The van der Waals surface area contributed by atoms with Crippen molar-refractivity contribution in [3.63, 3.8) is 0 Å². The van der Waals surface area contributed by atoms with Gasteiger partial charge in [0.05, 0.1) is 7.11 Å². The lowest BCUT2D eigenvalue weighted by atomic mass is 10.0. The third-order valence-corrected chi connectivity index (χ3v) is 6.89. The Morgan fingerprint density at radius 2 is 1.77 bits per heavy atom. The topological polar surface area (TPSA) is 32.8 Å². The van der Waals surface area contributed by atoms with Gasteiger partial charge in [-0.3, -0.25) is 4.79 Å². The van der Waals surface area contributed by atoms with Gasteiger partial charge in [-0.15, -0.1) is 0 Å². The minimum Gasteiger partial charge on any atom is -0.496 e. The molecule has 0 unspecified atom stereocenters. The van der Waals surface area contributed by atoms with E-state index in [0.29, 0.717) is 36.2 Å².